The Morgan fingerprint density at radius 3 is 2.67 bits per heavy atom. The molecule has 0 saturated carbocycles. The number of nitrogens with zero attached hydrogens (tertiary/aromatic N) is 1. The third kappa shape index (κ3) is 2.76. The van der Waals surface area contributed by atoms with Crippen molar-refractivity contribution in [3.8, 4) is 0 Å². The molecule has 4 heteroatoms. The van der Waals surface area contributed by atoms with Crippen molar-refractivity contribution in [1.82, 2.24) is 4.98 Å². The fourth-order valence-corrected chi connectivity index (χ4v) is 2.01. The molecule has 1 N–H and O–H groups in total. The molecule has 0 aliphatic rings. The maximum absolute atomic E-state index is 12.1. The molecule has 0 spiro atoms. The minimum absolute atomic E-state index is 0.142. The Morgan fingerprint density at radius 1 is 1.22 bits per heavy atom. The summed E-state index contributed by atoms with van der Waals surface area (Å²) in [6.45, 7) is 3.86. The fourth-order valence-electron chi connectivity index (χ4n) is 1.56. The summed E-state index contributed by atoms with van der Waals surface area (Å²) >= 11 is 3.43. The van der Waals surface area contributed by atoms with Crippen LogP contribution in [0.15, 0.2) is 41.0 Å². The lowest BCUT2D eigenvalue weighted by atomic mass is 10.1. The van der Waals surface area contributed by atoms with Crippen LogP contribution in [0.4, 0.5) is 5.69 Å². The highest BCUT2D eigenvalue weighted by atomic mass is 79.9. The second kappa shape index (κ2) is 5.31. The molecule has 0 saturated heterocycles. The normalized spacial score (nSPS) is 10.2. The van der Waals surface area contributed by atoms with Crippen LogP contribution in [0.1, 0.15) is 21.6 Å². The quantitative estimate of drug-likeness (QED) is 0.919. The number of benzene rings is 1. The zero-order valence-electron chi connectivity index (χ0n) is 10.2. The molecule has 0 aliphatic heterocycles. The van der Waals surface area contributed by atoms with Crippen molar-refractivity contribution >= 4 is 27.5 Å². The zero-order valence-corrected chi connectivity index (χ0v) is 11.8. The molecule has 0 fully saturated rings. The zero-order chi connectivity index (χ0) is 13.1. The van der Waals surface area contributed by atoms with Gasteiger partial charge in [-0.05, 0) is 53.5 Å². The van der Waals surface area contributed by atoms with Crippen LogP contribution in [0, 0.1) is 13.8 Å². The molecule has 18 heavy (non-hydrogen) atoms. The maximum Gasteiger partial charge on any atom is 0.256 e. The van der Waals surface area contributed by atoms with Crippen LogP contribution in [0.2, 0.25) is 0 Å². The van der Waals surface area contributed by atoms with E-state index in [2.05, 4.69) is 26.2 Å². The first-order chi connectivity index (χ1) is 8.58. The van der Waals surface area contributed by atoms with E-state index in [1.165, 1.54) is 0 Å². The molecule has 2 aromatic rings. The van der Waals surface area contributed by atoms with Gasteiger partial charge in [-0.15, -0.1) is 0 Å². The number of nitrogens with one attached hydrogen (secondary N) is 1. The van der Waals surface area contributed by atoms with Crippen molar-refractivity contribution in [1.29, 1.82) is 0 Å². The van der Waals surface area contributed by atoms with Gasteiger partial charge in [-0.2, -0.15) is 0 Å². The summed E-state index contributed by atoms with van der Waals surface area (Å²) in [6.07, 6.45) is 1.65. The molecule has 0 aliphatic carbocycles. The van der Waals surface area contributed by atoms with Gasteiger partial charge in [0.1, 0.15) is 0 Å². The summed E-state index contributed by atoms with van der Waals surface area (Å²) in [5.74, 6) is -0.142. The number of anilines is 1. The Kier molecular flexibility index (Phi) is 3.77. The monoisotopic (exact) mass is 304 g/mol. The molecule has 92 valence electrons. The van der Waals surface area contributed by atoms with Crippen LogP contribution in [-0.2, 0) is 0 Å². The van der Waals surface area contributed by atoms with Crippen molar-refractivity contribution in [2.24, 2.45) is 0 Å². The van der Waals surface area contributed by atoms with E-state index in [4.69, 9.17) is 0 Å². The molecular formula is C14H13BrN2O. The molecule has 0 atom stereocenters. The average molecular weight is 305 g/mol. The lowest BCUT2D eigenvalue weighted by molar-refractivity contribution is 0.102. The molecule has 1 aromatic heterocycles. The first-order valence-corrected chi connectivity index (χ1v) is 6.36. The van der Waals surface area contributed by atoms with Gasteiger partial charge in [-0.25, -0.2) is 0 Å². The fraction of sp³-hybridized carbons (Fsp3) is 0.143. The van der Waals surface area contributed by atoms with Crippen molar-refractivity contribution < 1.29 is 4.79 Å². The van der Waals surface area contributed by atoms with Crippen molar-refractivity contribution in [2.75, 3.05) is 5.32 Å². The Morgan fingerprint density at radius 2 is 2.00 bits per heavy atom. The number of carbonyl (C=O) groups excluding carboxylic acids is 1. The summed E-state index contributed by atoms with van der Waals surface area (Å²) in [5, 5.41) is 2.82. The van der Waals surface area contributed by atoms with E-state index in [0.29, 0.717) is 11.3 Å². The van der Waals surface area contributed by atoms with Gasteiger partial charge in [0.15, 0.2) is 0 Å². The third-order valence-electron chi connectivity index (χ3n) is 2.61. The molecule has 0 unspecified atom stereocenters. The number of aryl methyl sites for hydroxylation is 2. The number of amides is 1. The van der Waals surface area contributed by atoms with Gasteiger partial charge >= 0.3 is 0 Å². The summed E-state index contributed by atoms with van der Waals surface area (Å²) in [4.78, 5) is 16.2. The molecule has 0 bridgehead atoms. The van der Waals surface area contributed by atoms with Crippen LogP contribution in [0.5, 0.6) is 0 Å². The topological polar surface area (TPSA) is 42.0 Å². The molecule has 1 amide bonds. The number of halogens is 1. The lowest BCUT2D eigenvalue weighted by Crippen LogP contribution is -2.13. The minimum atomic E-state index is -0.142. The van der Waals surface area contributed by atoms with Crippen molar-refractivity contribution in [3.05, 3.63) is 57.8 Å². The van der Waals surface area contributed by atoms with Gasteiger partial charge in [0.25, 0.3) is 5.91 Å². The minimum Gasteiger partial charge on any atom is -0.321 e. The summed E-state index contributed by atoms with van der Waals surface area (Å²) in [5.41, 5.74) is 3.27. The SMILES string of the molecule is Cc1ccc(NC(=O)c2cccc(C)c2Br)cn1. The van der Waals surface area contributed by atoms with E-state index in [9.17, 15) is 4.79 Å². The number of pyridine rings is 1. The molecular weight excluding hydrogens is 292 g/mol. The smallest absolute Gasteiger partial charge is 0.256 e. The average Bonchev–Trinajstić information content (AvgIpc) is 2.35. The first-order valence-electron chi connectivity index (χ1n) is 5.57. The Hall–Kier alpha value is -1.68. The largest absolute Gasteiger partial charge is 0.321 e. The second-order valence-corrected chi connectivity index (χ2v) is 4.87. The van der Waals surface area contributed by atoms with E-state index < -0.39 is 0 Å². The Balaban J connectivity index is 2.22. The summed E-state index contributed by atoms with van der Waals surface area (Å²) < 4.78 is 0.822. The molecule has 2 rings (SSSR count). The lowest BCUT2D eigenvalue weighted by Gasteiger charge is -2.08. The number of aromatic nitrogens is 1. The van der Waals surface area contributed by atoms with E-state index in [1.807, 2.05) is 38.1 Å². The van der Waals surface area contributed by atoms with Crippen LogP contribution in [0.3, 0.4) is 0 Å². The molecule has 3 nitrogen and oxygen atoms in total. The van der Waals surface area contributed by atoms with E-state index >= 15 is 0 Å². The Bertz CT molecular complexity index is 579. The van der Waals surface area contributed by atoms with Crippen molar-refractivity contribution in [2.45, 2.75) is 13.8 Å². The third-order valence-corrected chi connectivity index (χ3v) is 3.66. The highest BCUT2D eigenvalue weighted by molar-refractivity contribution is 9.10. The number of hydrogen-bond acceptors (Lipinski definition) is 2. The first kappa shape index (κ1) is 12.8. The highest BCUT2D eigenvalue weighted by Crippen LogP contribution is 2.22. The summed E-state index contributed by atoms with van der Waals surface area (Å²) in [7, 11) is 0. The highest BCUT2D eigenvalue weighted by Gasteiger charge is 2.11. The van der Waals surface area contributed by atoms with Crippen LogP contribution < -0.4 is 5.32 Å². The predicted octanol–water partition coefficient (Wildman–Crippen LogP) is 3.71. The van der Waals surface area contributed by atoms with Gasteiger partial charge in [-0.1, -0.05) is 12.1 Å². The van der Waals surface area contributed by atoms with E-state index in [1.54, 1.807) is 12.3 Å². The van der Waals surface area contributed by atoms with Gasteiger partial charge in [0.2, 0.25) is 0 Å². The molecule has 0 radical (unpaired) electrons. The van der Waals surface area contributed by atoms with Crippen molar-refractivity contribution in [3.63, 3.8) is 0 Å². The number of rotatable bonds is 2. The van der Waals surface area contributed by atoms with Gasteiger partial charge < -0.3 is 5.32 Å². The van der Waals surface area contributed by atoms with Crippen LogP contribution >= 0.6 is 15.9 Å². The van der Waals surface area contributed by atoms with Crippen LogP contribution in [0.25, 0.3) is 0 Å². The van der Waals surface area contributed by atoms with Gasteiger partial charge in [0, 0.05) is 10.2 Å². The number of hydrogen-bond donors (Lipinski definition) is 1. The predicted molar refractivity (Wildman–Crippen MR) is 75.8 cm³/mol. The van der Waals surface area contributed by atoms with Gasteiger partial charge in [0.05, 0.1) is 17.4 Å². The second-order valence-electron chi connectivity index (χ2n) is 4.08. The Labute approximate surface area is 114 Å². The number of carbonyl (C=O) groups is 1. The maximum atomic E-state index is 12.1. The summed E-state index contributed by atoms with van der Waals surface area (Å²) in [6, 6.07) is 9.30. The molecule has 1 aromatic carbocycles. The molecule has 1 heterocycles. The standard InChI is InChI=1S/C14H13BrN2O/c1-9-4-3-5-12(13(9)15)14(18)17-11-7-6-10(2)16-8-11/h3-8H,1-2H3,(H,17,18). The van der Waals surface area contributed by atoms with E-state index in [0.717, 1.165) is 15.7 Å². The van der Waals surface area contributed by atoms with Gasteiger partial charge in [-0.3, -0.25) is 9.78 Å². The van der Waals surface area contributed by atoms with E-state index in [-0.39, 0.29) is 5.91 Å². The van der Waals surface area contributed by atoms with Crippen LogP contribution in [-0.4, -0.2) is 10.9 Å².